The highest BCUT2D eigenvalue weighted by Crippen LogP contribution is 2.04. The number of aliphatic imine (C=N–C) groups is 1. The van der Waals surface area contributed by atoms with Crippen LogP contribution in [-0.2, 0) is 0 Å². The van der Waals surface area contributed by atoms with Crippen molar-refractivity contribution in [3.8, 4) is 0 Å². The summed E-state index contributed by atoms with van der Waals surface area (Å²) in [4.78, 5) is 7.00. The molecule has 0 fully saturated rings. The van der Waals surface area contributed by atoms with Crippen molar-refractivity contribution in [3.05, 3.63) is 23.5 Å². The average molecular weight is 336 g/mol. The SMILES string of the molecule is CC.CC.Cc1ccc(/C(N=CN)=N/I)[nH]1. The number of halogens is 1. The molecule has 0 atom stereocenters. The van der Waals surface area contributed by atoms with Gasteiger partial charge in [0.25, 0.3) is 0 Å². The predicted molar refractivity (Wildman–Crippen MR) is 81.5 cm³/mol. The van der Waals surface area contributed by atoms with Gasteiger partial charge in [0.15, 0.2) is 5.84 Å². The van der Waals surface area contributed by atoms with Crippen molar-refractivity contribution < 1.29 is 0 Å². The second-order valence-corrected chi connectivity index (χ2v) is 2.72. The lowest BCUT2D eigenvalue weighted by Gasteiger charge is -1.92. The van der Waals surface area contributed by atoms with E-state index < -0.39 is 0 Å². The Hall–Kier alpha value is -0.850. The molecule has 0 bridgehead atoms. The maximum Gasteiger partial charge on any atom is 0.183 e. The number of hydrogen-bond acceptors (Lipinski definition) is 1. The van der Waals surface area contributed by atoms with E-state index in [0.29, 0.717) is 5.84 Å². The van der Waals surface area contributed by atoms with E-state index in [1.807, 2.05) is 69.6 Å². The first-order valence-electron chi connectivity index (χ1n) is 5.37. The normalized spacial score (nSPS) is 10.2. The maximum atomic E-state index is 5.16. The first-order valence-corrected chi connectivity index (χ1v) is 6.33. The summed E-state index contributed by atoms with van der Waals surface area (Å²) in [5.74, 6) is 0.603. The molecular weight excluding hydrogens is 315 g/mol. The highest BCUT2D eigenvalue weighted by Gasteiger charge is 2.01. The third-order valence-electron chi connectivity index (χ3n) is 1.35. The number of hydrogen-bond donors (Lipinski definition) is 2. The molecule has 0 aliphatic heterocycles. The Morgan fingerprint density at radius 3 is 2.19 bits per heavy atom. The van der Waals surface area contributed by atoms with Crippen LogP contribution in [0.5, 0.6) is 0 Å². The fraction of sp³-hybridized carbons (Fsp3) is 0.455. The maximum absolute atomic E-state index is 5.16. The molecule has 0 unspecified atom stereocenters. The van der Waals surface area contributed by atoms with Crippen LogP contribution in [0.25, 0.3) is 0 Å². The number of nitrogens with one attached hydrogen (secondary N) is 1. The van der Waals surface area contributed by atoms with E-state index in [0.717, 1.165) is 11.4 Å². The van der Waals surface area contributed by atoms with E-state index in [-0.39, 0.29) is 0 Å². The Kier molecular flexibility index (Phi) is 13.4. The fourth-order valence-electron chi connectivity index (χ4n) is 0.842. The lowest BCUT2D eigenvalue weighted by atomic mass is 10.4. The number of H-pyrrole nitrogens is 1. The Bertz CT molecular complexity index is 316. The third-order valence-corrected chi connectivity index (χ3v) is 1.81. The van der Waals surface area contributed by atoms with Crippen molar-refractivity contribution in [1.29, 1.82) is 0 Å². The summed E-state index contributed by atoms with van der Waals surface area (Å²) >= 11 is 1.88. The quantitative estimate of drug-likeness (QED) is 0.460. The monoisotopic (exact) mass is 336 g/mol. The second kappa shape index (κ2) is 12.2. The second-order valence-electron chi connectivity index (χ2n) is 2.24. The van der Waals surface area contributed by atoms with Crippen LogP contribution in [0.2, 0.25) is 0 Å². The zero-order chi connectivity index (χ0) is 13.0. The Balaban J connectivity index is 0. The Labute approximate surface area is 112 Å². The molecule has 5 heteroatoms. The fourth-order valence-corrected chi connectivity index (χ4v) is 1.23. The summed E-state index contributed by atoms with van der Waals surface area (Å²) in [6, 6.07) is 3.88. The first kappa shape index (κ1) is 17.5. The molecule has 4 nitrogen and oxygen atoms in total. The minimum absolute atomic E-state index is 0.603. The Morgan fingerprint density at radius 1 is 1.31 bits per heavy atom. The standard InChI is InChI=1S/C7H9IN4.2C2H6/c1-5-2-3-6(11-5)7(12-8)10-4-9;2*1-2/h2-4,11H,1H3,(H2,9,10,12);2*1-2H3. The highest BCUT2D eigenvalue weighted by molar-refractivity contribution is 14.1. The zero-order valence-electron chi connectivity index (χ0n) is 10.6. The average Bonchev–Trinajstić information content (AvgIpc) is 2.78. The molecule has 3 N–H and O–H groups in total. The molecule has 1 rings (SSSR count). The molecule has 0 radical (unpaired) electrons. The van der Waals surface area contributed by atoms with E-state index in [4.69, 9.17) is 5.73 Å². The van der Waals surface area contributed by atoms with Crippen molar-refractivity contribution in [2.45, 2.75) is 34.6 Å². The van der Waals surface area contributed by atoms with Crippen molar-refractivity contribution >= 4 is 35.0 Å². The van der Waals surface area contributed by atoms with Gasteiger partial charge in [0, 0.05) is 5.69 Å². The van der Waals surface area contributed by atoms with Gasteiger partial charge in [-0.15, -0.1) is 0 Å². The number of nitrogens with zero attached hydrogens (tertiary/aromatic N) is 2. The van der Waals surface area contributed by atoms with Gasteiger partial charge >= 0.3 is 0 Å². The number of amidine groups is 1. The van der Waals surface area contributed by atoms with Gasteiger partial charge < -0.3 is 10.7 Å². The lowest BCUT2D eigenvalue weighted by Crippen LogP contribution is -2.00. The predicted octanol–water partition coefficient (Wildman–Crippen LogP) is 3.46. The topological polar surface area (TPSA) is 66.5 Å². The lowest BCUT2D eigenvalue weighted by molar-refractivity contribution is 1.24. The number of rotatable bonds is 1. The van der Waals surface area contributed by atoms with Crippen LogP contribution in [0.15, 0.2) is 20.3 Å². The zero-order valence-corrected chi connectivity index (χ0v) is 12.7. The molecule has 16 heavy (non-hydrogen) atoms. The smallest absolute Gasteiger partial charge is 0.183 e. The summed E-state index contributed by atoms with van der Waals surface area (Å²) in [5.41, 5.74) is 7.12. The van der Waals surface area contributed by atoms with Gasteiger partial charge in [0.2, 0.25) is 0 Å². The molecule has 0 saturated carbocycles. The number of nitrogens with two attached hydrogens (primary N) is 1. The van der Waals surface area contributed by atoms with Gasteiger partial charge in [-0.3, -0.25) is 0 Å². The van der Waals surface area contributed by atoms with E-state index in [9.17, 15) is 0 Å². The molecule has 1 heterocycles. The van der Waals surface area contributed by atoms with Crippen molar-refractivity contribution in [1.82, 2.24) is 4.98 Å². The van der Waals surface area contributed by atoms with E-state index in [1.54, 1.807) is 0 Å². The highest BCUT2D eigenvalue weighted by atomic mass is 127. The molecule has 1 aromatic rings. The molecule has 1 aromatic heterocycles. The summed E-state index contributed by atoms with van der Waals surface area (Å²) in [6.45, 7) is 9.97. The van der Waals surface area contributed by atoms with Gasteiger partial charge in [0.1, 0.15) is 0 Å². The molecule has 0 saturated heterocycles. The Morgan fingerprint density at radius 2 is 1.88 bits per heavy atom. The third kappa shape index (κ3) is 6.60. The van der Waals surface area contributed by atoms with Gasteiger partial charge in [-0.25, -0.2) is 4.99 Å². The van der Waals surface area contributed by atoms with Crippen molar-refractivity contribution in [3.63, 3.8) is 0 Å². The van der Waals surface area contributed by atoms with Crippen molar-refractivity contribution in [2.75, 3.05) is 0 Å². The molecular formula is C11H21IN4. The van der Waals surface area contributed by atoms with Crippen LogP contribution in [0.3, 0.4) is 0 Å². The molecule has 0 spiro atoms. The van der Waals surface area contributed by atoms with Crippen LogP contribution in [0.1, 0.15) is 39.1 Å². The number of aromatic nitrogens is 1. The molecule has 0 amide bonds. The number of aryl methyl sites for hydroxylation is 1. The largest absolute Gasteiger partial charge is 0.390 e. The number of aromatic amines is 1. The van der Waals surface area contributed by atoms with Gasteiger partial charge in [0.05, 0.1) is 34.9 Å². The molecule has 0 aliphatic carbocycles. The van der Waals surface area contributed by atoms with Crippen molar-refractivity contribution in [2.24, 2.45) is 13.9 Å². The van der Waals surface area contributed by atoms with Crippen LogP contribution in [0.4, 0.5) is 0 Å². The molecule has 0 aromatic carbocycles. The molecule has 0 aliphatic rings. The van der Waals surface area contributed by atoms with E-state index in [2.05, 4.69) is 13.2 Å². The summed E-state index contributed by atoms with van der Waals surface area (Å²) < 4.78 is 3.94. The first-order chi connectivity index (χ1) is 7.77. The summed E-state index contributed by atoms with van der Waals surface area (Å²) in [7, 11) is 0. The summed E-state index contributed by atoms with van der Waals surface area (Å²) in [5, 5.41) is 0. The minimum atomic E-state index is 0.603. The van der Waals surface area contributed by atoms with Crippen LogP contribution >= 0.6 is 22.9 Å². The van der Waals surface area contributed by atoms with Gasteiger partial charge in [-0.05, 0) is 19.1 Å². The van der Waals surface area contributed by atoms with Crippen LogP contribution < -0.4 is 5.73 Å². The molecule has 92 valence electrons. The van der Waals surface area contributed by atoms with Crippen LogP contribution in [-0.4, -0.2) is 17.2 Å². The van der Waals surface area contributed by atoms with Crippen LogP contribution in [0, 0.1) is 6.92 Å². The van der Waals surface area contributed by atoms with E-state index in [1.165, 1.54) is 6.34 Å². The van der Waals surface area contributed by atoms with Gasteiger partial charge in [-0.2, -0.15) is 3.21 Å². The van der Waals surface area contributed by atoms with Gasteiger partial charge in [-0.1, -0.05) is 27.7 Å². The summed E-state index contributed by atoms with van der Waals surface area (Å²) in [6.07, 6.45) is 1.23. The van der Waals surface area contributed by atoms with E-state index >= 15 is 0 Å². The minimum Gasteiger partial charge on any atom is -0.390 e.